The number of aromatic hydroxyl groups is 2. The molecule has 2 rings (SSSR count). The number of carbonyl (C=O) groups excluding carboxylic acids is 1. The number of phenolic OH excluding ortho intramolecular Hbond substituents is 2. The predicted molar refractivity (Wildman–Crippen MR) is 125 cm³/mol. The van der Waals surface area contributed by atoms with E-state index in [-0.39, 0.29) is 28.5 Å². The summed E-state index contributed by atoms with van der Waals surface area (Å²) in [6.07, 6.45) is 5.19. The van der Waals surface area contributed by atoms with Crippen LogP contribution in [-0.4, -0.2) is 34.6 Å². The number of rotatable bonds is 9. The predicted octanol–water partition coefficient (Wildman–Crippen LogP) is 6.10. The molecular formula is C26H33NO3. The number of hydrogen-bond acceptors (Lipinski definition) is 3. The molecule has 0 saturated carbocycles. The van der Waals surface area contributed by atoms with E-state index in [1.165, 1.54) is 4.90 Å². The van der Waals surface area contributed by atoms with Crippen molar-refractivity contribution in [2.24, 2.45) is 0 Å². The number of benzene rings is 2. The van der Waals surface area contributed by atoms with Crippen LogP contribution >= 0.6 is 0 Å². The van der Waals surface area contributed by atoms with E-state index in [1.54, 1.807) is 19.2 Å². The number of unbranched alkanes of at least 4 members (excludes halogenated alkanes) is 2. The van der Waals surface area contributed by atoms with E-state index in [0.29, 0.717) is 24.1 Å². The molecule has 0 atom stereocenters. The van der Waals surface area contributed by atoms with Gasteiger partial charge in [0.05, 0.1) is 11.1 Å². The van der Waals surface area contributed by atoms with Crippen molar-refractivity contribution in [2.75, 3.05) is 13.6 Å². The second-order valence-corrected chi connectivity index (χ2v) is 7.91. The van der Waals surface area contributed by atoms with E-state index < -0.39 is 0 Å². The topological polar surface area (TPSA) is 60.8 Å². The van der Waals surface area contributed by atoms with Gasteiger partial charge in [-0.15, -0.1) is 6.58 Å². The van der Waals surface area contributed by atoms with Gasteiger partial charge in [-0.3, -0.25) is 4.79 Å². The molecule has 0 aromatic heterocycles. The largest absolute Gasteiger partial charge is 0.507 e. The fourth-order valence-corrected chi connectivity index (χ4v) is 3.68. The first-order valence-electron chi connectivity index (χ1n) is 10.4. The first-order valence-corrected chi connectivity index (χ1v) is 10.4. The van der Waals surface area contributed by atoms with Crippen LogP contribution in [0.3, 0.4) is 0 Å². The molecule has 0 aliphatic heterocycles. The maximum atomic E-state index is 13.2. The van der Waals surface area contributed by atoms with Crippen molar-refractivity contribution in [2.45, 2.75) is 46.5 Å². The highest BCUT2D eigenvalue weighted by molar-refractivity contribution is 6.02. The van der Waals surface area contributed by atoms with Crippen LogP contribution in [0, 0.1) is 6.92 Å². The number of aryl methyl sites for hydroxylation is 2. The van der Waals surface area contributed by atoms with Crippen molar-refractivity contribution in [3.05, 3.63) is 65.8 Å². The molecule has 0 aliphatic carbocycles. The van der Waals surface area contributed by atoms with Crippen molar-refractivity contribution < 1.29 is 15.0 Å². The molecule has 0 aliphatic rings. The van der Waals surface area contributed by atoms with Crippen LogP contribution in [0.2, 0.25) is 0 Å². The summed E-state index contributed by atoms with van der Waals surface area (Å²) in [5, 5.41) is 22.2. The molecule has 0 saturated heterocycles. The van der Waals surface area contributed by atoms with E-state index in [0.717, 1.165) is 36.0 Å². The van der Waals surface area contributed by atoms with E-state index >= 15 is 0 Å². The zero-order valence-corrected chi connectivity index (χ0v) is 18.6. The fourth-order valence-electron chi connectivity index (χ4n) is 3.68. The van der Waals surface area contributed by atoms with Crippen LogP contribution in [-0.2, 0) is 6.42 Å². The number of hydrogen-bond donors (Lipinski definition) is 2. The lowest BCUT2D eigenvalue weighted by atomic mass is 9.88. The molecule has 30 heavy (non-hydrogen) atoms. The van der Waals surface area contributed by atoms with Crippen LogP contribution in [0.25, 0.3) is 16.7 Å². The minimum Gasteiger partial charge on any atom is -0.507 e. The van der Waals surface area contributed by atoms with Crippen LogP contribution < -0.4 is 0 Å². The standard InChI is InChI=1S/C26H33NO3/c1-7-9-10-11-19-16-22(28)24(21-15-18(5)12-13-20(21)17(3)4)25(29)23(19)26(30)27(6)14-8-2/h8,12-13,15-16,28-29H,2-3,7,9-11,14H2,1,4-6H3. The van der Waals surface area contributed by atoms with Crippen molar-refractivity contribution in [3.8, 4) is 22.6 Å². The molecule has 2 aromatic carbocycles. The molecule has 0 radical (unpaired) electrons. The summed E-state index contributed by atoms with van der Waals surface area (Å²) in [6, 6.07) is 7.42. The first-order chi connectivity index (χ1) is 14.2. The molecule has 2 aromatic rings. The summed E-state index contributed by atoms with van der Waals surface area (Å²) < 4.78 is 0. The summed E-state index contributed by atoms with van der Waals surface area (Å²) in [4.78, 5) is 14.7. The maximum absolute atomic E-state index is 13.2. The van der Waals surface area contributed by atoms with Crippen molar-refractivity contribution in [3.63, 3.8) is 0 Å². The van der Waals surface area contributed by atoms with E-state index in [9.17, 15) is 15.0 Å². The van der Waals surface area contributed by atoms with Gasteiger partial charge in [0.15, 0.2) is 0 Å². The molecule has 0 unspecified atom stereocenters. The maximum Gasteiger partial charge on any atom is 0.257 e. The zero-order valence-electron chi connectivity index (χ0n) is 18.6. The highest BCUT2D eigenvalue weighted by atomic mass is 16.3. The summed E-state index contributed by atoms with van der Waals surface area (Å²) in [7, 11) is 1.68. The van der Waals surface area contributed by atoms with Gasteiger partial charge in [-0.05, 0) is 49.4 Å². The van der Waals surface area contributed by atoms with Gasteiger partial charge in [0, 0.05) is 13.6 Å². The van der Waals surface area contributed by atoms with Crippen LogP contribution in [0.4, 0.5) is 0 Å². The lowest BCUT2D eigenvalue weighted by Gasteiger charge is -2.22. The SMILES string of the molecule is C=CCN(C)C(=O)c1c(CCCCC)cc(O)c(-c2cc(C)ccc2C(=C)C)c1O. The third-order valence-electron chi connectivity index (χ3n) is 5.28. The summed E-state index contributed by atoms with van der Waals surface area (Å²) in [6.45, 7) is 14.0. The van der Waals surface area contributed by atoms with Gasteiger partial charge >= 0.3 is 0 Å². The summed E-state index contributed by atoms with van der Waals surface area (Å²) >= 11 is 0. The zero-order chi connectivity index (χ0) is 22.4. The van der Waals surface area contributed by atoms with Crippen molar-refractivity contribution in [1.82, 2.24) is 4.90 Å². The molecule has 0 fully saturated rings. The average molecular weight is 408 g/mol. The lowest BCUT2D eigenvalue weighted by molar-refractivity contribution is 0.0806. The Kier molecular flexibility index (Phi) is 7.87. The van der Waals surface area contributed by atoms with Gasteiger partial charge in [-0.25, -0.2) is 0 Å². The second-order valence-electron chi connectivity index (χ2n) is 7.91. The Morgan fingerprint density at radius 1 is 1.20 bits per heavy atom. The summed E-state index contributed by atoms with van der Waals surface area (Å²) in [5.41, 5.74) is 4.46. The van der Waals surface area contributed by atoms with Gasteiger partial charge in [-0.1, -0.05) is 61.8 Å². The Labute approximate surface area is 180 Å². The van der Waals surface area contributed by atoms with Crippen molar-refractivity contribution >= 4 is 11.5 Å². The molecule has 4 heteroatoms. The molecule has 0 bridgehead atoms. The lowest BCUT2D eigenvalue weighted by Crippen LogP contribution is -2.28. The van der Waals surface area contributed by atoms with Crippen LogP contribution in [0.15, 0.2) is 43.5 Å². The van der Waals surface area contributed by atoms with Crippen molar-refractivity contribution in [1.29, 1.82) is 0 Å². The van der Waals surface area contributed by atoms with Gasteiger partial charge < -0.3 is 15.1 Å². The third-order valence-corrected chi connectivity index (χ3v) is 5.28. The van der Waals surface area contributed by atoms with Crippen LogP contribution in [0.1, 0.15) is 60.2 Å². The molecule has 1 amide bonds. The number of allylic oxidation sites excluding steroid dienone is 1. The van der Waals surface area contributed by atoms with E-state index in [2.05, 4.69) is 20.1 Å². The fraction of sp³-hybridized carbons (Fsp3) is 0.346. The number of carbonyl (C=O) groups is 1. The quantitative estimate of drug-likeness (QED) is 0.390. The van der Waals surface area contributed by atoms with Gasteiger partial charge in [0.25, 0.3) is 5.91 Å². The normalized spacial score (nSPS) is 10.7. The minimum atomic E-state index is -0.287. The Hall–Kier alpha value is -3.01. The number of nitrogens with zero attached hydrogens (tertiary/aromatic N) is 1. The van der Waals surface area contributed by atoms with Gasteiger partial charge in [-0.2, -0.15) is 0 Å². The second kappa shape index (κ2) is 10.1. The molecule has 0 spiro atoms. The van der Waals surface area contributed by atoms with Gasteiger partial charge in [0.1, 0.15) is 11.5 Å². The Balaban J connectivity index is 2.77. The van der Waals surface area contributed by atoms with E-state index in [1.807, 2.05) is 32.0 Å². The Morgan fingerprint density at radius 3 is 2.50 bits per heavy atom. The monoisotopic (exact) mass is 407 g/mol. The Morgan fingerprint density at radius 2 is 1.90 bits per heavy atom. The average Bonchev–Trinajstić information content (AvgIpc) is 2.67. The first kappa shape index (κ1) is 23.3. The van der Waals surface area contributed by atoms with Gasteiger partial charge in [0.2, 0.25) is 0 Å². The number of amides is 1. The smallest absolute Gasteiger partial charge is 0.257 e. The third kappa shape index (κ3) is 4.93. The summed E-state index contributed by atoms with van der Waals surface area (Å²) in [5.74, 6) is -0.504. The minimum absolute atomic E-state index is 0.0324. The van der Waals surface area contributed by atoms with E-state index in [4.69, 9.17) is 0 Å². The highest BCUT2D eigenvalue weighted by Crippen LogP contribution is 2.45. The molecule has 4 nitrogen and oxygen atoms in total. The molecule has 0 heterocycles. The molecule has 2 N–H and O–H groups in total. The Bertz CT molecular complexity index is 959. The number of likely N-dealkylation sites (N-methyl/N-ethyl adjacent to an activating group) is 1. The molecule has 160 valence electrons. The number of phenols is 2. The molecular weight excluding hydrogens is 374 g/mol. The highest BCUT2D eigenvalue weighted by Gasteiger charge is 2.26. The van der Waals surface area contributed by atoms with Crippen LogP contribution in [0.5, 0.6) is 11.5 Å².